The topological polar surface area (TPSA) is 88.4 Å². The first-order valence-corrected chi connectivity index (χ1v) is 12.5. The number of hydrogen-bond acceptors (Lipinski definition) is 5. The van der Waals surface area contributed by atoms with Crippen LogP contribution in [0.15, 0.2) is 23.3 Å². The summed E-state index contributed by atoms with van der Waals surface area (Å²) in [6.07, 6.45) is 7.14. The van der Waals surface area contributed by atoms with Crippen molar-refractivity contribution in [3.8, 4) is 11.5 Å². The summed E-state index contributed by atoms with van der Waals surface area (Å²) in [7, 11) is 0. The molecule has 1 amide bonds. The van der Waals surface area contributed by atoms with Gasteiger partial charge in [-0.2, -0.15) is 5.10 Å². The lowest BCUT2D eigenvalue weighted by atomic mass is 9.73. The zero-order chi connectivity index (χ0) is 23.8. The van der Waals surface area contributed by atoms with Crippen LogP contribution in [0.2, 0.25) is 0 Å². The van der Waals surface area contributed by atoms with Crippen LogP contribution in [0.4, 0.5) is 0 Å². The predicted octanol–water partition coefficient (Wildman–Crippen LogP) is 5.26. The minimum Gasteiger partial charge on any atom is -0.490 e. The smallest absolute Gasteiger partial charge is 0.303 e. The fourth-order valence-electron chi connectivity index (χ4n) is 5.06. The first kappa shape index (κ1) is 25.1. The van der Waals surface area contributed by atoms with Crippen LogP contribution in [-0.4, -0.2) is 47.0 Å². The van der Waals surface area contributed by atoms with Gasteiger partial charge in [0.25, 0.3) is 0 Å². The van der Waals surface area contributed by atoms with E-state index in [0.29, 0.717) is 25.4 Å². The second-order valence-corrected chi connectivity index (χ2v) is 8.89. The Labute approximate surface area is 197 Å². The molecule has 0 aromatic heterocycles. The summed E-state index contributed by atoms with van der Waals surface area (Å²) in [5.74, 6) is 0.863. The minimum atomic E-state index is -0.775. The van der Waals surface area contributed by atoms with Gasteiger partial charge in [-0.05, 0) is 64.2 Å². The molecule has 3 atom stereocenters. The third-order valence-corrected chi connectivity index (χ3v) is 6.71. The highest BCUT2D eigenvalue weighted by Crippen LogP contribution is 2.40. The average Bonchev–Trinajstić information content (AvgIpc) is 2.81. The summed E-state index contributed by atoms with van der Waals surface area (Å²) >= 11 is 0. The number of hydrogen-bond donors (Lipinski definition) is 1. The van der Waals surface area contributed by atoms with Crippen molar-refractivity contribution >= 4 is 17.6 Å². The second kappa shape index (κ2) is 12.1. The van der Waals surface area contributed by atoms with Crippen molar-refractivity contribution in [1.82, 2.24) is 5.01 Å². The van der Waals surface area contributed by atoms with Gasteiger partial charge < -0.3 is 14.6 Å². The molecule has 1 N–H and O–H groups in total. The van der Waals surface area contributed by atoms with Gasteiger partial charge in [-0.1, -0.05) is 26.2 Å². The molecule has 1 aromatic carbocycles. The maximum Gasteiger partial charge on any atom is 0.303 e. The van der Waals surface area contributed by atoms with E-state index < -0.39 is 5.97 Å². The zero-order valence-electron chi connectivity index (χ0n) is 20.2. The van der Waals surface area contributed by atoms with Gasteiger partial charge in [-0.25, -0.2) is 5.01 Å². The molecule has 7 heteroatoms. The Morgan fingerprint density at radius 2 is 1.79 bits per heavy atom. The lowest BCUT2D eigenvalue weighted by Crippen LogP contribution is -2.49. The molecule has 0 saturated heterocycles. The van der Waals surface area contributed by atoms with Crippen molar-refractivity contribution in [3.05, 3.63) is 23.8 Å². The molecule has 3 unspecified atom stereocenters. The molecule has 182 valence electrons. The molecule has 0 bridgehead atoms. The maximum absolute atomic E-state index is 13.5. The molecule has 1 aliphatic heterocycles. The minimum absolute atomic E-state index is 0.0155. The highest BCUT2D eigenvalue weighted by atomic mass is 16.5. The zero-order valence-corrected chi connectivity index (χ0v) is 20.2. The first-order chi connectivity index (χ1) is 16.0. The van der Waals surface area contributed by atoms with Gasteiger partial charge in [-0.15, -0.1) is 0 Å². The molecular weight excluding hydrogens is 420 g/mol. The monoisotopic (exact) mass is 458 g/mol. The van der Waals surface area contributed by atoms with Gasteiger partial charge in [-0.3, -0.25) is 9.59 Å². The van der Waals surface area contributed by atoms with E-state index in [1.165, 1.54) is 0 Å². The molecule has 0 radical (unpaired) electrons. The standard InChI is InChI=1S/C26H38N2O5/c1-4-19(11-7-10-14-24(29)30)28-26(31)21-13-9-8-12-20(21)25(27-28)18-15-16-22(32-5-2)23(17-18)33-6-3/h15-17,19-21H,4-14H2,1-3H3,(H,29,30). The summed E-state index contributed by atoms with van der Waals surface area (Å²) in [4.78, 5) is 24.3. The number of ether oxygens (including phenoxy) is 2. The molecule has 1 saturated carbocycles. The van der Waals surface area contributed by atoms with Gasteiger partial charge >= 0.3 is 5.97 Å². The van der Waals surface area contributed by atoms with Gasteiger partial charge in [0.2, 0.25) is 5.91 Å². The normalized spacial score (nSPS) is 21.2. The summed E-state index contributed by atoms with van der Waals surface area (Å²) in [5.41, 5.74) is 1.95. The van der Waals surface area contributed by atoms with Crippen molar-refractivity contribution in [2.24, 2.45) is 16.9 Å². The van der Waals surface area contributed by atoms with Gasteiger partial charge in [0.1, 0.15) is 0 Å². The lowest BCUT2D eigenvalue weighted by molar-refractivity contribution is -0.142. The van der Waals surface area contributed by atoms with Crippen molar-refractivity contribution in [1.29, 1.82) is 0 Å². The van der Waals surface area contributed by atoms with Crippen molar-refractivity contribution < 1.29 is 24.2 Å². The Kier molecular flexibility index (Phi) is 9.15. The Hall–Kier alpha value is -2.57. The van der Waals surface area contributed by atoms with Crippen LogP contribution in [0.25, 0.3) is 0 Å². The quantitative estimate of drug-likeness (QED) is 0.432. The molecule has 7 nitrogen and oxygen atoms in total. The van der Waals surface area contributed by atoms with Crippen molar-refractivity contribution in [3.63, 3.8) is 0 Å². The number of nitrogens with zero attached hydrogens (tertiary/aromatic N) is 2. The van der Waals surface area contributed by atoms with Gasteiger partial charge in [0.15, 0.2) is 11.5 Å². The number of carbonyl (C=O) groups is 2. The van der Waals surface area contributed by atoms with Gasteiger partial charge in [0.05, 0.1) is 25.0 Å². The SMILES string of the molecule is CCOc1ccc(C2=NN(C(CC)CCCCC(=O)O)C(=O)C3CCCCC23)cc1OCC. The molecule has 33 heavy (non-hydrogen) atoms. The number of fused-ring (bicyclic) bond motifs is 1. The Morgan fingerprint density at radius 3 is 2.45 bits per heavy atom. The predicted molar refractivity (Wildman–Crippen MR) is 128 cm³/mol. The Morgan fingerprint density at radius 1 is 1.09 bits per heavy atom. The number of carboxylic acid groups (broad SMARTS) is 1. The highest BCUT2D eigenvalue weighted by Gasteiger charge is 2.42. The second-order valence-electron chi connectivity index (χ2n) is 8.89. The first-order valence-electron chi connectivity index (χ1n) is 12.5. The Bertz CT molecular complexity index is 853. The molecule has 1 fully saturated rings. The number of amides is 1. The third-order valence-electron chi connectivity index (χ3n) is 6.71. The fourth-order valence-corrected chi connectivity index (χ4v) is 5.06. The van der Waals surface area contributed by atoms with Crippen molar-refractivity contribution in [2.75, 3.05) is 13.2 Å². The van der Waals surface area contributed by atoms with E-state index in [4.69, 9.17) is 19.7 Å². The molecule has 2 aliphatic rings. The number of aliphatic carboxylic acids is 1. The van der Waals surface area contributed by atoms with Crippen LogP contribution in [0.3, 0.4) is 0 Å². The van der Waals surface area contributed by atoms with Crippen LogP contribution in [0.1, 0.15) is 84.1 Å². The number of carbonyl (C=O) groups excluding carboxylic acids is 1. The highest BCUT2D eigenvalue weighted by molar-refractivity contribution is 6.07. The molecule has 1 aromatic rings. The number of carboxylic acids is 1. The molecule has 0 spiro atoms. The Balaban J connectivity index is 1.92. The van der Waals surface area contributed by atoms with Crippen molar-refractivity contribution in [2.45, 2.75) is 84.6 Å². The molecule has 1 aliphatic carbocycles. The van der Waals surface area contributed by atoms with E-state index in [2.05, 4.69) is 6.92 Å². The summed E-state index contributed by atoms with van der Waals surface area (Å²) in [6, 6.07) is 5.95. The van der Waals surface area contributed by atoms with Crippen LogP contribution in [-0.2, 0) is 9.59 Å². The summed E-state index contributed by atoms with van der Waals surface area (Å²) in [6.45, 7) is 7.08. The van der Waals surface area contributed by atoms with E-state index in [-0.39, 0.29) is 30.2 Å². The number of benzene rings is 1. The van der Waals surface area contributed by atoms with Crippen LogP contribution >= 0.6 is 0 Å². The summed E-state index contributed by atoms with van der Waals surface area (Å²) < 4.78 is 11.6. The molecule has 3 rings (SSSR count). The fraction of sp³-hybridized carbons (Fsp3) is 0.654. The number of unbranched alkanes of at least 4 members (excludes halogenated alkanes) is 1. The largest absolute Gasteiger partial charge is 0.490 e. The number of rotatable bonds is 12. The van der Waals surface area contributed by atoms with Crippen LogP contribution in [0, 0.1) is 11.8 Å². The van der Waals surface area contributed by atoms with E-state index in [0.717, 1.165) is 62.0 Å². The average molecular weight is 459 g/mol. The summed E-state index contributed by atoms with van der Waals surface area (Å²) in [5, 5.41) is 15.6. The molecule has 1 heterocycles. The lowest BCUT2D eigenvalue weighted by Gasteiger charge is -2.41. The molecular formula is C26H38N2O5. The van der Waals surface area contributed by atoms with Crippen LogP contribution in [0.5, 0.6) is 11.5 Å². The van der Waals surface area contributed by atoms with Gasteiger partial charge in [0, 0.05) is 23.8 Å². The van der Waals surface area contributed by atoms with E-state index in [1.807, 2.05) is 32.0 Å². The number of hydrazone groups is 1. The van der Waals surface area contributed by atoms with Crippen LogP contribution < -0.4 is 9.47 Å². The third kappa shape index (κ3) is 6.06. The maximum atomic E-state index is 13.5. The van der Waals surface area contributed by atoms with E-state index in [9.17, 15) is 9.59 Å². The van der Waals surface area contributed by atoms with E-state index >= 15 is 0 Å². The van der Waals surface area contributed by atoms with E-state index in [1.54, 1.807) is 5.01 Å².